The van der Waals surface area contributed by atoms with E-state index in [4.69, 9.17) is 0 Å². The molecule has 0 unspecified atom stereocenters. The first kappa shape index (κ1) is 15.4. The lowest BCUT2D eigenvalue weighted by Gasteiger charge is -2.32. The minimum absolute atomic E-state index is 0.136. The summed E-state index contributed by atoms with van der Waals surface area (Å²) in [6.45, 7) is 6.42. The summed E-state index contributed by atoms with van der Waals surface area (Å²) in [5.41, 5.74) is 2.21. The topological polar surface area (TPSA) is 28.5 Å². The fourth-order valence-corrected chi connectivity index (χ4v) is 3.63. The highest BCUT2D eigenvalue weighted by Crippen LogP contribution is 2.19. The molecular formula is C20H23N3O. The summed E-state index contributed by atoms with van der Waals surface area (Å²) >= 11 is 0. The molecule has 0 bridgehead atoms. The molecular weight excluding hydrogens is 298 g/mol. The molecule has 0 spiro atoms. The maximum Gasteiger partial charge on any atom is 0.197 e. The van der Waals surface area contributed by atoms with Gasteiger partial charge in [-0.1, -0.05) is 24.3 Å². The molecule has 0 amide bonds. The Kier molecular flexibility index (Phi) is 4.08. The van der Waals surface area contributed by atoms with E-state index in [0.717, 1.165) is 61.1 Å². The van der Waals surface area contributed by atoms with E-state index in [2.05, 4.69) is 33.5 Å². The van der Waals surface area contributed by atoms with Crippen LogP contribution in [0.3, 0.4) is 0 Å². The van der Waals surface area contributed by atoms with Crippen LogP contribution >= 0.6 is 0 Å². The SMILES string of the molecule is CN1CCN(CCn2c3ccccc3c(=O)c3ccccc32)CC1. The number of nitrogens with zero attached hydrogens (tertiary/aromatic N) is 3. The van der Waals surface area contributed by atoms with E-state index in [-0.39, 0.29) is 5.43 Å². The number of rotatable bonds is 3. The average Bonchev–Trinajstić information content (AvgIpc) is 2.63. The molecule has 1 fully saturated rings. The van der Waals surface area contributed by atoms with Crippen LogP contribution in [0.4, 0.5) is 0 Å². The molecule has 0 atom stereocenters. The highest BCUT2D eigenvalue weighted by atomic mass is 16.1. The Hall–Kier alpha value is -2.17. The molecule has 24 heavy (non-hydrogen) atoms. The second-order valence-electron chi connectivity index (χ2n) is 6.66. The second kappa shape index (κ2) is 6.38. The fourth-order valence-electron chi connectivity index (χ4n) is 3.63. The zero-order valence-corrected chi connectivity index (χ0v) is 14.1. The minimum Gasteiger partial charge on any atom is -0.339 e. The molecule has 2 heterocycles. The standard InChI is InChI=1S/C20H23N3O/c1-21-10-12-22(13-11-21)14-15-23-18-8-4-2-6-16(18)20(24)17-7-3-5-9-19(17)23/h2-9H,10-15H2,1H3. The van der Waals surface area contributed by atoms with Crippen molar-refractivity contribution in [3.63, 3.8) is 0 Å². The van der Waals surface area contributed by atoms with Crippen LogP contribution in [0.1, 0.15) is 0 Å². The molecule has 1 aromatic heterocycles. The van der Waals surface area contributed by atoms with Crippen LogP contribution in [0.25, 0.3) is 21.8 Å². The number of para-hydroxylation sites is 2. The Morgan fingerprint density at radius 3 is 1.92 bits per heavy atom. The van der Waals surface area contributed by atoms with E-state index in [1.165, 1.54) is 0 Å². The quantitative estimate of drug-likeness (QED) is 0.694. The van der Waals surface area contributed by atoms with Crippen molar-refractivity contribution >= 4 is 21.8 Å². The van der Waals surface area contributed by atoms with E-state index in [9.17, 15) is 4.79 Å². The summed E-state index contributed by atoms with van der Waals surface area (Å²) in [7, 11) is 2.18. The van der Waals surface area contributed by atoms with Gasteiger partial charge < -0.3 is 9.47 Å². The molecule has 0 aliphatic carbocycles. The Balaban J connectivity index is 1.75. The highest BCUT2D eigenvalue weighted by molar-refractivity contribution is 5.93. The third kappa shape index (κ3) is 2.72. The molecule has 1 aliphatic rings. The van der Waals surface area contributed by atoms with Gasteiger partial charge in [0.05, 0.1) is 11.0 Å². The van der Waals surface area contributed by atoms with Crippen LogP contribution in [0.5, 0.6) is 0 Å². The number of hydrogen-bond donors (Lipinski definition) is 0. The molecule has 1 aliphatic heterocycles. The highest BCUT2D eigenvalue weighted by Gasteiger charge is 2.15. The van der Waals surface area contributed by atoms with E-state index in [0.29, 0.717) is 0 Å². The summed E-state index contributed by atoms with van der Waals surface area (Å²) in [6, 6.07) is 15.9. The first-order chi connectivity index (χ1) is 11.7. The maximum absolute atomic E-state index is 12.8. The van der Waals surface area contributed by atoms with Crippen LogP contribution in [0.15, 0.2) is 53.3 Å². The lowest BCUT2D eigenvalue weighted by molar-refractivity contribution is 0.151. The van der Waals surface area contributed by atoms with Crippen molar-refractivity contribution in [1.29, 1.82) is 0 Å². The van der Waals surface area contributed by atoms with Gasteiger partial charge in [0.15, 0.2) is 5.43 Å². The molecule has 3 aromatic rings. The van der Waals surface area contributed by atoms with E-state index < -0.39 is 0 Å². The van der Waals surface area contributed by atoms with Crippen LogP contribution < -0.4 is 5.43 Å². The van der Waals surface area contributed by atoms with Gasteiger partial charge in [0.25, 0.3) is 0 Å². The smallest absolute Gasteiger partial charge is 0.197 e. The zero-order valence-electron chi connectivity index (χ0n) is 14.1. The lowest BCUT2D eigenvalue weighted by atomic mass is 10.1. The summed E-state index contributed by atoms with van der Waals surface area (Å²) in [5, 5.41) is 1.63. The van der Waals surface area contributed by atoms with Crippen molar-refractivity contribution in [2.45, 2.75) is 6.54 Å². The number of aromatic nitrogens is 1. The summed E-state index contributed by atoms with van der Waals surface area (Å²) in [4.78, 5) is 17.6. The van der Waals surface area contributed by atoms with Gasteiger partial charge in [-0.05, 0) is 31.3 Å². The molecule has 4 rings (SSSR count). The van der Waals surface area contributed by atoms with Crippen molar-refractivity contribution in [3.8, 4) is 0 Å². The van der Waals surface area contributed by atoms with Gasteiger partial charge in [0, 0.05) is 50.0 Å². The molecule has 124 valence electrons. The molecule has 0 saturated carbocycles. The maximum atomic E-state index is 12.8. The molecule has 2 aromatic carbocycles. The number of hydrogen-bond acceptors (Lipinski definition) is 3. The number of benzene rings is 2. The van der Waals surface area contributed by atoms with Gasteiger partial charge in [-0.2, -0.15) is 0 Å². The third-order valence-corrected chi connectivity index (χ3v) is 5.11. The largest absolute Gasteiger partial charge is 0.339 e. The van der Waals surface area contributed by atoms with Crippen molar-refractivity contribution in [3.05, 3.63) is 58.8 Å². The number of likely N-dealkylation sites (N-methyl/N-ethyl adjacent to an activating group) is 1. The van der Waals surface area contributed by atoms with Crippen molar-refractivity contribution in [2.24, 2.45) is 0 Å². The lowest BCUT2D eigenvalue weighted by Crippen LogP contribution is -2.45. The van der Waals surface area contributed by atoms with E-state index in [1.807, 2.05) is 36.4 Å². The van der Waals surface area contributed by atoms with Crippen LogP contribution in [0, 0.1) is 0 Å². The first-order valence-electron chi connectivity index (χ1n) is 8.65. The van der Waals surface area contributed by atoms with Crippen LogP contribution in [-0.4, -0.2) is 54.1 Å². The van der Waals surface area contributed by atoms with E-state index in [1.54, 1.807) is 0 Å². The molecule has 4 nitrogen and oxygen atoms in total. The molecule has 0 radical (unpaired) electrons. The average molecular weight is 321 g/mol. The zero-order chi connectivity index (χ0) is 16.5. The van der Waals surface area contributed by atoms with Gasteiger partial charge in [0.1, 0.15) is 0 Å². The van der Waals surface area contributed by atoms with E-state index >= 15 is 0 Å². The van der Waals surface area contributed by atoms with Gasteiger partial charge in [-0.3, -0.25) is 9.69 Å². The van der Waals surface area contributed by atoms with Gasteiger partial charge in [-0.15, -0.1) is 0 Å². The second-order valence-corrected chi connectivity index (χ2v) is 6.66. The summed E-state index contributed by atoms with van der Waals surface area (Å²) in [6.07, 6.45) is 0. The Bertz CT molecular complexity index is 863. The predicted octanol–water partition coefficient (Wildman–Crippen LogP) is 2.40. The first-order valence-corrected chi connectivity index (χ1v) is 8.65. The van der Waals surface area contributed by atoms with Crippen molar-refractivity contribution in [2.75, 3.05) is 39.8 Å². The Morgan fingerprint density at radius 2 is 1.33 bits per heavy atom. The minimum atomic E-state index is 0.136. The molecule has 0 N–H and O–H groups in total. The van der Waals surface area contributed by atoms with Crippen molar-refractivity contribution in [1.82, 2.24) is 14.4 Å². The predicted molar refractivity (Wildman–Crippen MR) is 99.7 cm³/mol. The Morgan fingerprint density at radius 1 is 0.792 bits per heavy atom. The number of fused-ring (bicyclic) bond motifs is 2. The summed E-state index contributed by atoms with van der Waals surface area (Å²) in [5.74, 6) is 0. The number of piperazine rings is 1. The number of pyridine rings is 1. The molecule has 4 heteroatoms. The fraction of sp³-hybridized carbons (Fsp3) is 0.350. The summed E-state index contributed by atoms with van der Waals surface area (Å²) < 4.78 is 2.31. The monoisotopic (exact) mass is 321 g/mol. The normalized spacial score (nSPS) is 16.9. The van der Waals surface area contributed by atoms with Gasteiger partial charge in [-0.25, -0.2) is 0 Å². The van der Waals surface area contributed by atoms with Gasteiger partial charge >= 0.3 is 0 Å². The van der Waals surface area contributed by atoms with Crippen molar-refractivity contribution < 1.29 is 0 Å². The van der Waals surface area contributed by atoms with Gasteiger partial charge in [0.2, 0.25) is 0 Å². The van der Waals surface area contributed by atoms with Crippen LogP contribution in [0.2, 0.25) is 0 Å². The third-order valence-electron chi connectivity index (χ3n) is 5.11. The van der Waals surface area contributed by atoms with Crippen LogP contribution in [-0.2, 0) is 6.54 Å². The molecule has 1 saturated heterocycles. The Labute approximate surface area is 141 Å².